The summed E-state index contributed by atoms with van der Waals surface area (Å²) in [5.74, 6) is -0.412. The maximum Gasteiger partial charge on any atom is 0.306 e. The number of carbonyl (C=O) groups is 2. The molecule has 0 saturated carbocycles. The van der Waals surface area contributed by atoms with Crippen molar-refractivity contribution in [2.45, 2.75) is 136 Å². The standard InChI is InChI=1S/C26H50O4/c1-4-6-8-10-12-14-16-18-20-29-25(27)22-24(3)23-26(28)30-21-19-17-15-13-11-9-7-5-2/h24H,4-23H2,1-3H3. The number of carbonyl (C=O) groups excluding carboxylic acids is 2. The maximum atomic E-state index is 11.9. The summed E-state index contributed by atoms with van der Waals surface area (Å²) in [7, 11) is 0. The van der Waals surface area contributed by atoms with Crippen molar-refractivity contribution in [2.75, 3.05) is 13.2 Å². The molecule has 0 amide bonds. The molecule has 0 aromatic carbocycles. The van der Waals surface area contributed by atoms with Crippen LogP contribution in [-0.4, -0.2) is 25.2 Å². The molecule has 0 aromatic heterocycles. The van der Waals surface area contributed by atoms with Gasteiger partial charge >= 0.3 is 11.9 Å². The molecule has 0 heterocycles. The second-order valence-corrected chi connectivity index (χ2v) is 8.90. The van der Waals surface area contributed by atoms with E-state index in [9.17, 15) is 9.59 Å². The zero-order chi connectivity index (χ0) is 22.3. The van der Waals surface area contributed by atoms with Crippen molar-refractivity contribution < 1.29 is 19.1 Å². The van der Waals surface area contributed by atoms with Crippen LogP contribution in [0.4, 0.5) is 0 Å². The molecular weight excluding hydrogens is 376 g/mol. The van der Waals surface area contributed by atoms with Gasteiger partial charge in [0.2, 0.25) is 0 Å². The maximum absolute atomic E-state index is 11.9. The van der Waals surface area contributed by atoms with Crippen LogP contribution >= 0.6 is 0 Å². The Bertz CT molecular complexity index is 358. The topological polar surface area (TPSA) is 52.6 Å². The van der Waals surface area contributed by atoms with Gasteiger partial charge in [-0.3, -0.25) is 9.59 Å². The van der Waals surface area contributed by atoms with Crippen LogP contribution in [0.1, 0.15) is 136 Å². The minimum Gasteiger partial charge on any atom is -0.466 e. The quantitative estimate of drug-likeness (QED) is 0.131. The molecule has 178 valence electrons. The lowest BCUT2D eigenvalue weighted by molar-refractivity contribution is -0.147. The molecule has 0 unspecified atom stereocenters. The average Bonchev–Trinajstić information content (AvgIpc) is 2.71. The van der Waals surface area contributed by atoms with E-state index in [2.05, 4.69) is 13.8 Å². The average molecular weight is 427 g/mol. The molecule has 0 aliphatic heterocycles. The number of esters is 2. The highest BCUT2D eigenvalue weighted by atomic mass is 16.5. The van der Waals surface area contributed by atoms with E-state index in [0.29, 0.717) is 26.1 Å². The highest BCUT2D eigenvalue weighted by Gasteiger charge is 2.15. The highest BCUT2D eigenvalue weighted by molar-refractivity contribution is 5.73. The Morgan fingerprint density at radius 1 is 0.533 bits per heavy atom. The van der Waals surface area contributed by atoms with E-state index >= 15 is 0 Å². The third-order valence-corrected chi connectivity index (χ3v) is 5.55. The monoisotopic (exact) mass is 426 g/mol. The van der Waals surface area contributed by atoms with E-state index in [1.165, 1.54) is 77.0 Å². The van der Waals surface area contributed by atoms with Crippen molar-refractivity contribution in [2.24, 2.45) is 5.92 Å². The van der Waals surface area contributed by atoms with E-state index in [-0.39, 0.29) is 17.9 Å². The molecular formula is C26H50O4. The van der Waals surface area contributed by atoms with Gasteiger partial charge < -0.3 is 9.47 Å². The van der Waals surface area contributed by atoms with Crippen LogP contribution in [0.15, 0.2) is 0 Å². The van der Waals surface area contributed by atoms with E-state index in [1.807, 2.05) is 6.92 Å². The zero-order valence-corrected chi connectivity index (χ0v) is 20.4. The summed E-state index contributed by atoms with van der Waals surface area (Å²) in [6.07, 6.45) is 20.3. The van der Waals surface area contributed by atoms with E-state index in [0.717, 1.165) is 25.7 Å². The Kier molecular flexibility index (Phi) is 21.8. The molecule has 0 saturated heterocycles. The van der Waals surface area contributed by atoms with Crippen LogP contribution in [0.25, 0.3) is 0 Å². The first-order chi connectivity index (χ1) is 14.6. The summed E-state index contributed by atoms with van der Waals surface area (Å²) in [4.78, 5) is 23.8. The number of hydrogen-bond donors (Lipinski definition) is 0. The lowest BCUT2D eigenvalue weighted by Crippen LogP contribution is -2.15. The van der Waals surface area contributed by atoms with Gasteiger partial charge in [0, 0.05) is 12.8 Å². The lowest BCUT2D eigenvalue weighted by atomic mass is 10.0. The fourth-order valence-electron chi connectivity index (χ4n) is 3.60. The summed E-state index contributed by atoms with van der Waals surface area (Å²) in [5, 5.41) is 0. The van der Waals surface area contributed by atoms with Gasteiger partial charge in [0.1, 0.15) is 0 Å². The number of ether oxygens (including phenoxy) is 2. The normalized spacial score (nSPS) is 11.1. The molecule has 0 aliphatic carbocycles. The Morgan fingerprint density at radius 3 is 1.17 bits per heavy atom. The molecule has 0 spiro atoms. The second-order valence-electron chi connectivity index (χ2n) is 8.90. The Morgan fingerprint density at radius 2 is 0.833 bits per heavy atom. The second kappa shape index (κ2) is 22.6. The third kappa shape index (κ3) is 21.6. The largest absolute Gasteiger partial charge is 0.466 e. The Hall–Kier alpha value is -1.06. The van der Waals surface area contributed by atoms with Gasteiger partial charge in [-0.1, -0.05) is 111 Å². The van der Waals surface area contributed by atoms with Gasteiger partial charge in [0.05, 0.1) is 13.2 Å². The van der Waals surface area contributed by atoms with Gasteiger partial charge in [0.15, 0.2) is 0 Å². The molecule has 0 bridgehead atoms. The Balaban J connectivity index is 3.48. The predicted octanol–water partition coefficient (Wildman–Crippen LogP) is 7.77. The molecule has 0 N–H and O–H groups in total. The van der Waals surface area contributed by atoms with Crippen molar-refractivity contribution in [3.05, 3.63) is 0 Å². The minimum absolute atomic E-state index is 0.0258. The Labute approximate surface area is 186 Å². The first kappa shape index (κ1) is 28.9. The molecule has 0 radical (unpaired) electrons. The van der Waals surface area contributed by atoms with Crippen LogP contribution in [0, 0.1) is 5.92 Å². The summed E-state index contributed by atoms with van der Waals surface area (Å²) in [6, 6.07) is 0. The van der Waals surface area contributed by atoms with Crippen LogP contribution in [0.2, 0.25) is 0 Å². The fraction of sp³-hybridized carbons (Fsp3) is 0.923. The van der Waals surface area contributed by atoms with Gasteiger partial charge in [-0.25, -0.2) is 0 Å². The van der Waals surface area contributed by atoms with Gasteiger partial charge in [0.25, 0.3) is 0 Å². The molecule has 0 fully saturated rings. The zero-order valence-electron chi connectivity index (χ0n) is 20.4. The van der Waals surface area contributed by atoms with E-state index in [1.54, 1.807) is 0 Å². The molecule has 30 heavy (non-hydrogen) atoms. The van der Waals surface area contributed by atoms with Crippen molar-refractivity contribution >= 4 is 11.9 Å². The van der Waals surface area contributed by atoms with Crippen LogP contribution < -0.4 is 0 Å². The van der Waals surface area contributed by atoms with Crippen molar-refractivity contribution in [1.29, 1.82) is 0 Å². The highest BCUT2D eigenvalue weighted by Crippen LogP contribution is 2.12. The number of unbranched alkanes of at least 4 members (excludes halogenated alkanes) is 14. The lowest BCUT2D eigenvalue weighted by Gasteiger charge is -2.11. The number of hydrogen-bond acceptors (Lipinski definition) is 4. The molecule has 0 atom stereocenters. The van der Waals surface area contributed by atoms with Crippen molar-refractivity contribution in [3.8, 4) is 0 Å². The first-order valence-corrected chi connectivity index (χ1v) is 12.9. The minimum atomic E-state index is -0.193. The SMILES string of the molecule is CCCCCCCCCCOC(=O)CC(C)CC(=O)OCCCCCCCCCC. The first-order valence-electron chi connectivity index (χ1n) is 12.9. The summed E-state index contributed by atoms with van der Waals surface area (Å²) >= 11 is 0. The van der Waals surface area contributed by atoms with E-state index in [4.69, 9.17) is 9.47 Å². The fourth-order valence-corrected chi connectivity index (χ4v) is 3.60. The molecule has 4 nitrogen and oxygen atoms in total. The van der Waals surface area contributed by atoms with Gasteiger partial charge in [-0.2, -0.15) is 0 Å². The summed E-state index contributed by atoms with van der Waals surface area (Å²) < 4.78 is 10.6. The van der Waals surface area contributed by atoms with E-state index < -0.39 is 0 Å². The summed E-state index contributed by atoms with van der Waals surface area (Å²) in [5.41, 5.74) is 0. The van der Waals surface area contributed by atoms with Crippen LogP contribution in [-0.2, 0) is 19.1 Å². The van der Waals surface area contributed by atoms with Crippen LogP contribution in [0.3, 0.4) is 0 Å². The van der Waals surface area contributed by atoms with Crippen LogP contribution in [0.5, 0.6) is 0 Å². The molecule has 0 rings (SSSR count). The molecule has 0 aliphatic rings. The number of rotatable bonds is 22. The smallest absolute Gasteiger partial charge is 0.306 e. The summed E-state index contributed by atoms with van der Waals surface area (Å²) in [6.45, 7) is 7.38. The van der Waals surface area contributed by atoms with Crippen molar-refractivity contribution in [1.82, 2.24) is 0 Å². The molecule has 4 heteroatoms. The third-order valence-electron chi connectivity index (χ3n) is 5.55. The van der Waals surface area contributed by atoms with Gasteiger partial charge in [-0.15, -0.1) is 0 Å². The predicted molar refractivity (Wildman–Crippen MR) is 126 cm³/mol. The molecule has 0 aromatic rings. The van der Waals surface area contributed by atoms with Crippen molar-refractivity contribution in [3.63, 3.8) is 0 Å². The van der Waals surface area contributed by atoms with Gasteiger partial charge in [-0.05, 0) is 18.8 Å².